The zero-order valence-corrected chi connectivity index (χ0v) is 11.8. The number of carbonyl (C=O) groups is 1. The van der Waals surface area contributed by atoms with Gasteiger partial charge in [0.15, 0.2) is 0 Å². The zero-order valence-electron chi connectivity index (χ0n) is 10.2. The molecular formula is C14H16BrFO2. The van der Waals surface area contributed by atoms with Crippen LogP contribution in [0.25, 0.3) is 0 Å². The summed E-state index contributed by atoms with van der Waals surface area (Å²) in [6.07, 6.45) is 2.90. The lowest BCUT2D eigenvalue weighted by atomic mass is 9.89. The highest BCUT2D eigenvalue weighted by Crippen LogP contribution is 2.45. The lowest BCUT2D eigenvalue weighted by Crippen LogP contribution is -2.09. The molecule has 98 valence electrons. The molecule has 0 radical (unpaired) electrons. The van der Waals surface area contributed by atoms with E-state index >= 15 is 0 Å². The zero-order chi connectivity index (χ0) is 13.3. The number of hydrogen-bond donors (Lipinski definition) is 1. The highest BCUT2D eigenvalue weighted by molar-refractivity contribution is 9.10. The van der Waals surface area contributed by atoms with Crippen LogP contribution in [0.3, 0.4) is 0 Å². The van der Waals surface area contributed by atoms with Crippen molar-refractivity contribution in [1.82, 2.24) is 0 Å². The molecule has 0 aliphatic heterocycles. The van der Waals surface area contributed by atoms with Gasteiger partial charge >= 0.3 is 5.97 Å². The molecule has 2 nitrogen and oxygen atoms in total. The standard InChI is InChI=1S/C14H16BrFO2/c1-2-8-5-10(6-12(15)14(8)16)11(7-13(17)18)9-3-4-9/h5-6,9,11H,2-4,7H2,1H3,(H,17,18). The van der Waals surface area contributed by atoms with E-state index in [4.69, 9.17) is 5.11 Å². The van der Waals surface area contributed by atoms with Gasteiger partial charge < -0.3 is 5.11 Å². The quantitative estimate of drug-likeness (QED) is 0.887. The maximum atomic E-state index is 13.8. The van der Waals surface area contributed by atoms with E-state index in [0.29, 0.717) is 22.4 Å². The number of carboxylic acids is 1. The second-order valence-corrected chi connectivity index (χ2v) is 5.73. The van der Waals surface area contributed by atoms with E-state index in [9.17, 15) is 9.18 Å². The number of aliphatic carboxylic acids is 1. The minimum absolute atomic E-state index is 0.0182. The van der Waals surface area contributed by atoms with Crippen molar-refractivity contribution in [2.24, 2.45) is 5.92 Å². The Labute approximate surface area is 114 Å². The largest absolute Gasteiger partial charge is 0.481 e. The normalized spacial score (nSPS) is 16.6. The second kappa shape index (κ2) is 5.39. The van der Waals surface area contributed by atoms with Crippen LogP contribution in [0.2, 0.25) is 0 Å². The van der Waals surface area contributed by atoms with Gasteiger partial charge in [0.2, 0.25) is 0 Å². The number of aryl methyl sites for hydroxylation is 1. The minimum Gasteiger partial charge on any atom is -0.481 e. The summed E-state index contributed by atoms with van der Waals surface area (Å²) in [5.41, 5.74) is 1.60. The molecule has 0 amide bonds. The molecule has 1 atom stereocenters. The molecule has 1 fully saturated rings. The maximum Gasteiger partial charge on any atom is 0.303 e. The number of carboxylic acid groups (broad SMARTS) is 1. The summed E-state index contributed by atoms with van der Waals surface area (Å²) in [7, 11) is 0. The summed E-state index contributed by atoms with van der Waals surface area (Å²) < 4.78 is 14.2. The van der Waals surface area contributed by atoms with Crippen LogP contribution in [0.15, 0.2) is 16.6 Å². The van der Waals surface area contributed by atoms with E-state index in [-0.39, 0.29) is 18.2 Å². The fraction of sp³-hybridized carbons (Fsp3) is 0.500. The van der Waals surface area contributed by atoms with Crippen LogP contribution in [0.4, 0.5) is 4.39 Å². The number of rotatable bonds is 5. The Morgan fingerprint density at radius 1 is 1.56 bits per heavy atom. The van der Waals surface area contributed by atoms with Crippen LogP contribution in [0.1, 0.15) is 43.2 Å². The molecule has 1 N–H and O–H groups in total. The van der Waals surface area contributed by atoms with Gasteiger partial charge in [-0.3, -0.25) is 4.79 Å². The van der Waals surface area contributed by atoms with Gasteiger partial charge in [-0.25, -0.2) is 4.39 Å². The lowest BCUT2D eigenvalue weighted by Gasteiger charge is -2.16. The van der Waals surface area contributed by atoms with Gasteiger partial charge in [0.25, 0.3) is 0 Å². The van der Waals surface area contributed by atoms with Crippen LogP contribution in [0.5, 0.6) is 0 Å². The van der Waals surface area contributed by atoms with Crippen LogP contribution in [0, 0.1) is 11.7 Å². The van der Waals surface area contributed by atoms with Crippen molar-refractivity contribution in [3.8, 4) is 0 Å². The van der Waals surface area contributed by atoms with Crippen LogP contribution < -0.4 is 0 Å². The highest BCUT2D eigenvalue weighted by atomic mass is 79.9. The Bertz CT molecular complexity index is 469. The second-order valence-electron chi connectivity index (χ2n) is 4.87. The molecule has 1 aromatic carbocycles. The molecular weight excluding hydrogens is 299 g/mol. The first-order valence-electron chi connectivity index (χ1n) is 6.22. The molecule has 1 aliphatic carbocycles. The third kappa shape index (κ3) is 2.91. The SMILES string of the molecule is CCc1cc(C(CC(=O)O)C2CC2)cc(Br)c1F. The molecule has 18 heavy (non-hydrogen) atoms. The van der Waals surface area contributed by atoms with Crippen molar-refractivity contribution in [2.75, 3.05) is 0 Å². The van der Waals surface area contributed by atoms with Crippen molar-refractivity contribution in [3.63, 3.8) is 0 Å². The predicted octanol–water partition coefficient (Wildman–Crippen LogP) is 4.12. The Hall–Kier alpha value is -0.900. The fourth-order valence-electron chi connectivity index (χ4n) is 2.38. The van der Waals surface area contributed by atoms with Gasteiger partial charge in [-0.1, -0.05) is 13.0 Å². The predicted molar refractivity (Wildman–Crippen MR) is 71.2 cm³/mol. The number of halogens is 2. The summed E-state index contributed by atoms with van der Waals surface area (Å²) in [6, 6.07) is 3.56. The molecule has 1 aliphatic rings. The fourth-order valence-corrected chi connectivity index (χ4v) is 2.90. The summed E-state index contributed by atoms with van der Waals surface area (Å²) in [5, 5.41) is 8.99. The Morgan fingerprint density at radius 3 is 2.72 bits per heavy atom. The molecule has 2 rings (SSSR count). The average Bonchev–Trinajstić information content (AvgIpc) is 3.13. The molecule has 0 saturated heterocycles. The van der Waals surface area contributed by atoms with Crippen LogP contribution in [-0.4, -0.2) is 11.1 Å². The Kier molecular flexibility index (Phi) is 4.05. The lowest BCUT2D eigenvalue weighted by molar-refractivity contribution is -0.137. The molecule has 1 unspecified atom stereocenters. The van der Waals surface area contributed by atoms with Crippen molar-refractivity contribution in [3.05, 3.63) is 33.5 Å². The van der Waals surface area contributed by atoms with E-state index in [1.54, 1.807) is 6.07 Å². The van der Waals surface area contributed by atoms with Gasteiger partial charge in [-0.15, -0.1) is 0 Å². The summed E-state index contributed by atoms with van der Waals surface area (Å²) in [6.45, 7) is 1.90. The van der Waals surface area contributed by atoms with Crippen molar-refractivity contribution in [2.45, 2.75) is 38.5 Å². The highest BCUT2D eigenvalue weighted by Gasteiger charge is 2.34. The number of hydrogen-bond acceptors (Lipinski definition) is 1. The average molecular weight is 315 g/mol. The van der Waals surface area contributed by atoms with Crippen LogP contribution in [-0.2, 0) is 11.2 Å². The Morgan fingerprint density at radius 2 is 2.22 bits per heavy atom. The minimum atomic E-state index is -0.787. The third-order valence-corrected chi connectivity index (χ3v) is 4.10. The van der Waals surface area contributed by atoms with E-state index in [1.807, 2.05) is 13.0 Å². The van der Waals surface area contributed by atoms with Crippen molar-refractivity contribution >= 4 is 21.9 Å². The van der Waals surface area contributed by atoms with Crippen molar-refractivity contribution < 1.29 is 14.3 Å². The van der Waals surface area contributed by atoms with Gasteiger partial charge in [0.1, 0.15) is 5.82 Å². The Balaban J connectivity index is 2.35. The first kappa shape index (κ1) is 13.5. The molecule has 4 heteroatoms. The van der Waals surface area contributed by atoms with Crippen molar-refractivity contribution in [1.29, 1.82) is 0 Å². The summed E-state index contributed by atoms with van der Waals surface area (Å²) in [5.74, 6) is -0.551. The van der Waals surface area contributed by atoms with Gasteiger partial charge in [-0.05, 0) is 64.2 Å². The summed E-state index contributed by atoms with van der Waals surface area (Å²) in [4.78, 5) is 10.9. The van der Waals surface area contributed by atoms with E-state index < -0.39 is 5.97 Å². The molecule has 0 bridgehead atoms. The van der Waals surface area contributed by atoms with E-state index in [0.717, 1.165) is 18.4 Å². The smallest absolute Gasteiger partial charge is 0.303 e. The monoisotopic (exact) mass is 314 g/mol. The van der Waals surface area contributed by atoms with E-state index in [1.165, 1.54) is 0 Å². The molecule has 0 heterocycles. The van der Waals surface area contributed by atoms with E-state index in [2.05, 4.69) is 15.9 Å². The van der Waals surface area contributed by atoms with Gasteiger partial charge in [0.05, 0.1) is 10.9 Å². The summed E-state index contributed by atoms with van der Waals surface area (Å²) >= 11 is 3.22. The third-order valence-electron chi connectivity index (χ3n) is 3.52. The molecule has 1 aromatic rings. The topological polar surface area (TPSA) is 37.3 Å². The van der Waals surface area contributed by atoms with Crippen LogP contribution >= 0.6 is 15.9 Å². The van der Waals surface area contributed by atoms with Gasteiger partial charge in [0, 0.05) is 0 Å². The first-order chi connectivity index (χ1) is 8.52. The molecule has 1 saturated carbocycles. The maximum absolute atomic E-state index is 13.8. The van der Waals surface area contributed by atoms with Gasteiger partial charge in [-0.2, -0.15) is 0 Å². The first-order valence-corrected chi connectivity index (χ1v) is 7.01. The molecule has 0 spiro atoms. The number of benzene rings is 1. The molecule has 0 aromatic heterocycles.